The van der Waals surface area contributed by atoms with E-state index in [1.807, 2.05) is 42.2 Å². The molecule has 0 saturated carbocycles. The smallest absolute Gasteiger partial charge is 0.317 e. The predicted octanol–water partition coefficient (Wildman–Crippen LogP) is 3.77. The third-order valence-electron chi connectivity index (χ3n) is 5.35. The van der Waals surface area contributed by atoms with Crippen molar-refractivity contribution in [2.45, 2.75) is 42.7 Å². The van der Waals surface area contributed by atoms with E-state index in [9.17, 15) is 4.79 Å². The molecule has 0 unspecified atom stereocenters. The molecule has 2 amide bonds. The van der Waals surface area contributed by atoms with Crippen molar-refractivity contribution in [1.29, 1.82) is 0 Å². The van der Waals surface area contributed by atoms with Crippen molar-refractivity contribution in [2.75, 3.05) is 24.2 Å². The molecule has 1 aromatic heterocycles. The molecule has 0 spiro atoms. The number of fused-ring (bicyclic) bond motifs is 2. The van der Waals surface area contributed by atoms with E-state index in [4.69, 9.17) is 0 Å². The number of carbonyl (C=O) groups is 1. The lowest BCUT2D eigenvalue weighted by molar-refractivity contribution is 0.190. The summed E-state index contributed by atoms with van der Waals surface area (Å²) in [7, 11) is 0. The molecule has 2 saturated heterocycles. The number of hydrogen-bond acceptors (Lipinski definition) is 4. The van der Waals surface area contributed by atoms with Crippen molar-refractivity contribution < 1.29 is 4.79 Å². The molecule has 0 aliphatic carbocycles. The SMILES string of the molecule is O=C(Nc1ccc(SCCc2ccccn2)cc1)N1[C@H]2CCNC[C@@H]1CC2. The Hall–Kier alpha value is -2.05. The highest BCUT2D eigenvalue weighted by atomic mass is 32.2. The van der Waals surface area contributed by atoms with Gasteiger partial charge < -0.3 is 15.5 Å². The topological polar surface area (TPSA) is 57.3 Å². The number of benzene rings is 1. The second-order valence-electron chi connectivity index (χ2n) is 7.16. The number of rotatable bonds is 5. The van der Waals surface area contributed by atoms with Gasteiger partial charge in [0.1, 0.15) is 0 Å². The van der Waals surface area contributed by atoms with Crippen molar-refractivity contribution >= 4 is 23.5 Å². The fourth-order valence-corrected chi connectivity index (χ4v) is 4.83. The summed E-state index contributed by atoms with van der Waals surface area (Å²) in [6.07, 6.45) is 6.08. The highest BCUT2D eigenvalue weighted by Crippen LogP contribution is 2.29. The average Bonchev–Trinajstić information content (AvgIpc) is 2.97. The number of pyridine rings is 1. The molecule has 6 heteroatoms. The number of thioether (sulfide) groups is 1. The normalized spacial score (nSPS) is 21.7. The number of aromatic nitrogens is 1. The number of aryl methyl sites for hydroxylation is 1. The highest BCUT2D eigenvalue weighted by molar-refractivity contribution is 7.99. The molecule has 5 nitrogen and oxygen atoms in total. The molecule has 2 bridgehead atoms. The van der Waals surface area contributed by atoms with Gasteiger partial charge >= 0.3 is 6.03 Å². The van der Waals surface area contributed by atoms with Crippen LogP contribution in [0.4, 0.5) is 10.5 Å². The minimum absolute atomic E-state index is 0.0433. The fourth-order valence-electron chi connectivity index (χ4n) is 3.96. The van der Waals surface area contributed by atoms with Gasteiger partial charge in [-0.15, -0.1) is 11.8 Å². The van der Waals surface area contributed by atoms with Gasteiger partial charge in [0.15, 0.2) is 0 Å². The van der Waals surface area contributed by atoms with Gasteiger partial charge in [0, 0.05) is 46.9 Å². The van der Waals surface area contributed by atoms with Crippen LogP contribution in [0.3, 0.4) is 0 Å². The summed E-state index contributed by atoms with van der Waals surface area (Å²) in [5, 5.41) is 6.53. The Bertz CT molecular complexity index is 739. The van der Waals surface area contributed by atoms with Crippen molar-refractivity contribution in [1.82, 2.24) is 15.2 Å². The number of anilines is 1. The summed E-state index contributed by atoms with van der Waals surface area (Å²) in [4.78, 5) is 20.4. The summed E-state index contributed by atoms with van der Waals surface area (Å²) in [6, 6.07) is 14.9. The third-order valence-corrected chi connectivity index (χ3v) is 6.36. The van der Waals surface area contributed by atoms with Crippen LogP contribution in [0.5, 0.6) is 0 Å². The molecule has 4 rings (SSSR count). The molecule has 3 heterocycles. The molecule has 142 valence electrons. The van der Waals surface area contributed by atoms with Crippen molar-refractivity contribution in [2.24, 2.45) is 0 Å². The second kappa shape index (κ2) is 8.76. The van der Waals surface area contributed by atoms with E-state index in [0.717, 1.165) is 55.9 Å². The number of hydrogen-bond donors (Lipinski definition) is 2. The van der Waals surface area contributed by atoms with E-state index in [2.05, 4.69) is 38.7 Å². The number of amides is 2. The zero-order chi connectivity index (χ0) is 18.5. The molecular formula is C21H26N4OS. The Morgan fingerprint density at radius 2 is 2.00 bits per heavy atom. The van der Waals surface area contributed by atoms with Crippen LogP contribution in [-0.4, -0.2) is 46.8 Å². The molecule has 2 aliphatic heterocycles. The first-order chi connectivity index (χ1) is 13.3. The van der Waals surface area contributed by atoms with Gasteiger partial charge in [0.2, 0.25) is 0 Å². The average molecular weight is 383 g/mol. The molecule has 2 aliphatic rings. The van der Waals surface area contributed by atoms with E-state index in [1.54, 1.807) is 0 Å². The molecule has 1 aromatic carbocycles. The number of carbonyl (C=O) groups excluding carboxylic acids is 1. The van der Waals surface area contributed by atoms with E-state index < -0.39 is 0 Å². The van der Waals surface area contributed by atoms with E-state index >= 15 is 0 Å². The Labute approximate surface area is 164 Å². The Morgan fingerprint density at radius 3 is 2.81 bits per heavy atom. The van der Waals surface area contributed by atoms with Crippen LogP contribution >= 0.6 is 11.8 Å². The summed E-state index contributed by atoms with van der Waals surface area (Å²) in [5.41, 5.74) is 1.99. The van der Waals surface area contributed by atoms with Crippen LogP contribution in [0.2, 0.25) is 0 Å². The third kappa shape index (κ3) is 4.62. The van der Waals surface area contributed by atoms with Crippen molar-refractivity contribution in [3.8, 4) is 0 Å². The van der Waals surface area contributed by atoms with E-state index in [1.165, 1.54) is 4.90 Å². The van der Waals surface area contributed by atoms with Crippen LogP contribution < -0.4 is 10.6 Å². The van der Waals surface area contributed by atoms with Crippen LogP contribution in [-0.2, 0) is 6.42 Å². The van der Waals surface area contributed by atoms with E-state index in [-0.39, 0.29) is 6.03 Å². The quantitative estimate of drug-likeness (QED) is 0.773. The summed E-state index contributed by atoms with van der Waals surface area (Å²) >= 11 is 1.81. The standard InChI is InChI=1S/C21H26N4OS/c26-21(25-18-6-7-19(25)15-22-13-10-18)24-17-4-8-20(9-5-17)27-14-11-16-3-1-2-12-23-16/h1-5,8-9,12,18-19,22H,6-7,10-11,13-15H2,(H,24,26)/t18-,19+/m1/s1. The zero-order valence-corrected chi connectivity index (χ0v) is 16.3. The molecule has 27 heavy (non-hydrogen) atoms. The number of nitrogens with one attached hydrogen (secondary N) is 2. The summed E-state index contributed by atoms with van der Waals surface area (Å²) < 4.78 is 0. The van der Waals surface area contributed by atoms with Gasteiger partial charge in [-0.25, -0.2) is 4.79 Å². The van der Waals surface area contributed by atoms with Gasteiger partial charge in [-0.2, -0.15) is 0 Å². The number of urea groups is 1. The second-order valence-corrected chi connectivity index (χ2v) is 8.33. The van der Waals surface area contributed by atoms with Crippen molar-refractivity contribution in [3.63, 3.8) is 0 Å². The lowest BCUT2D eigenvalue weighted by atomic mass is 10.1. The zero-order valence-electron chi connectivity index (χ0n) is 15.4. The Kier molecular flexibility index (Phi) is 5.94. The van der Waals surface area contributed by atoms with Gasteiger partial charge in [-0.1, -0.05) is 6.07 Å². The maximum Gasteiger partial charge on any atom is 0.322 e. The Balaban J connectivity index is 1.29. The summed E-state index contributed by atoms with van der Waals surface area (Å²) in [6.45, 7) is 1.92. The maximum atomic E-state index is 12.8. The minimum atomic E-state index is 0.0433. The molecule has 2 aromatic rings. The maximum absolute atomic E-state index is 12.8. The lowest BCUT2D eigenvalue weighted by Crippen LogP contribution is -2.44. The van der Waals surface area contributed by atoms with Crippen LogP contribution in [0.25, 0.3) is 0 Å². The molecule has 2 fully saturated rings. The van der Waals surface area contributed by atoms with E-state index in [0.29, 0.717) is 12.1 Å². The first-order valence-corrected chi connectivity index (χ1v) is 10.7. The minimum Gasteiger partial charge on any atom is -0.317 e. The van der Waals surface area contributed by atoms with Gasteiger partial charge in [-0.3, -0.25) is 4.98 Å². The van der Waals surface area contributed by atoms with Gasteiger partial charge in [0.05, 0.1) is 0 Å². The summed E-state index contributed by atoms with van der Waals surface area (Å²) in [5.74, 6) is 0.993. The first kappa shape index (κ1) is 18.3. The van der Waals surface area contributed by atoms with Crippen LogP contribution in [0, 0.1) is 0 Å². The van der Waals surface area contributed by atoms with Gasteiger partial charge in [-0.05, 0) is 68.6 Å². The van der Waals surface area contributed by atoms with Crippen molar-refractivity contribution in [3.05, 3.63) is 54.4 Å². The van der Waals surface area contributed by atoms with Gasteiger partial charge in [0.25, 0.3) is 0 Å². The first-order valence-electron chi connectivity index (χ1n) is 9.72. The molecule has 2 N–H and O–H groups in total. The highest BCUT2D eigenvalue weighted by Gasteiger charge is 2.37. The lowest BCUT2D eigenvalue weighted by Gasteiger charge is -2.28. The predicted molar refractivity (Wildman–Crippen MR) is 110 cm³/mol. The molecular weight excluding hydrogens is 356 g/mol. The monoisotopic (exact) mass is 382 g/mol. The number of nitrogens with zero attached hydrogens (tertiary/aromatic N) is 2. The largest absolute Gasteiger partial charge is 0.322 e. The molecule has 2 atom stereocenters. The Morgan fingerprint density at radius 1 is 1.15 bits per heavy atom. The fraction of sp³-hybridized carbons (Fsp3) is 0.429. The van der Waals surface area contributed by atoms with Crippen LogP contribution in [0.15, 0.2) is 53.6 Å². The van der Waals surface area contributed by atoms with Crippen LogP contribution in [0.1, 0.15) is 25.0 Å². The molecule has 0 radical (unpaired) electrons.